The summed E-state index contributed by atoms with van der Waals surface area (Å²) in [5.41, 5.74) is 4.04. The fraction of sp³-hybridized carbons (Fsp3) is 0.333. The Morgan fingerprint density at radius 1 is 1.20 bits per heavy atom. The van der Waals surface area contributed by atoms with Gasteiger partial charge in [-0.1, -0.05) is 44.2 Å². The number of hydrogen-bond acceptors (Lipinski definition) is 8. The van der Waals surface area contributed by atoms with E-state index in [1.807, 2.05) is 31.3 Å². The number of rotatable bonds is 9. The Labute approximate surface area is 229 Å². The number of carbonyl (C=O) groups is 1. The van der Waals surface area contributed by atoms with Crippen molar-refractivity contribution >= 4 is 23.0 Å². The standard InChI is InChI=1S/C25H28N8.C2HF3O2/c1-18(2)16-32(3)24-22-25(30-17-29-24)33(10-9-27-13-19-7-5-4-6-8-19)23(31-22)21-11-20(12-26)14-28-15-21;3-2(4,5)1(6)7/h4-8,11,14-15,17-18,27H,9-10,13,16H2,1-3H3;(H,6,7). The van der Waals surface area contributed by atoms with Crippen molar-refractivity contribution in [3.05, 3.63) is 66.2 Å². The molecule has 0 aliphatic carbocycles. The molecule has 0 saturated carbocycles. The van der Waals surface area contributed by atoms with Gasteiger partial charge < -0.3 is 19.9 Å². The Morgan fingerprint density at radius 2 is 1.90 bits per heavy atom. The largest absolute Gasteiger partial charge is 0.490 e. The lowest BCUT2D eigenvalue weighted by atomic mass is 10.2. The van der Waals surface area contributed by atoms with Gasteiger partial charge >= 0.3 is 12.1 Å². The van der Waals surface area contributed by atoms with E-state index in [0.29, 0.717) is 18.0 Å². The van der Waals surface area contributed by atoms with Gasteiger partial charge in [-0.05, 0) is 17.5 Å². The predicted octanol–water partition coefficient (Wildman–Crippen LogP) is 4.28. The number of carboxylic acid groups (broad SMARTS) is 1. The number of nitrogens with one attached hydrogen (secondary N) is 1. The molecule has 4 aromatic rings. The minimum absolute atomic E-state index is 0.486. The summed E-state index contributed by atoms with van der Waals surface area (Å²) < 4.78 is 33.8. The summed E-state index contributed by atoms with van der Waals surface area (Å²) in [5.74, 6) is -0.737. The van der Waals surface area contributed by atoms with Crippen LogP contribution in [0.5, 0.6) is 0 Å². The minimum Gasteiger partial charge on any atom is -0.475 e. The molecule has 40 heavy (non-hydrogen) atoms. The van der Waals surface area contributed by atoms with Crippen molar-refractivity contribution < 1.29 is 23.1 Å². The number of imidazole rings is 1. The van der Waals surface area contributed by atoms with Gasteiger partial charge in [0, 0.05) is 51.2 Å². The van der Waals surface area contributed by atoms with Crippen LogP contribution in [0.1, 0.15) is 25.0 Å². The van der Waals surface area contributed by atoms with E-state index >= 15 is 0 Å². The third kappa shape index (κ3) is 7.97. The topological polar surface area (TPSA) is 133 Å². The molecule has 2 N–H and O–H groups in total. The third-order valence-electron chi connectivity index (χ3n) is 5.57. The number of alkyl halides is 3. The maximum absolute atomic E-state index is 10.6. The van der Waals surface area contributed by atoms with Gasteiger partial charge in [-0.15, -0.1) is 0 Å². The van der Waals surface area contributed by atoms with Crippen molar-refractivity contribution in [3.8, 4) is 17.5 Å². The van der Waals surface area contributed by atoms with Crippen molar-refractivity contribution in [2.75, 3.05) is 25.0 Å². The average Bonchev–Trinajstić information content (AvgIpc) is 3.30. The van der Waals surface area contributed by atoms with E-state index in [4.69, 9.17) is 14.9 Å². The van der Waals surface area contributed by atoms with Gasteiger partial charge in [0.05, 0.1) is 5.56 Å². The van der Waals surface area contributed by atoms with E-state index in [2.05, 4.69) is 61.8 Å². The fourth-order valence-electron chi connectivity index (χ4n) is 3.91. The maximum Gasteiger partial charge on any atom is 0.490 e. The normalized spacial score (nSPS) is 11.2. The number of fused-ring (bicyclic) bond motifs is 1. The number of pyridine rings is 1. The highest BCUT2D eigenvalue weighted by atomic mass is 19.4. The van der Waals surface area contributed by atoms with Crippen LogP contribution in [0.25, 0.3) is 22.6 Å². The molecule has 0 spiro atoms. The number of anilines is 1. The van der Waals surface area contributed by atoms with Crippen molar-refractivity contribution in [3.63, 3.8) is 0 Å². The zero-order chi connectivity index (χ0) is 29.3. The lowest BCUT2D eigenvalue weighted by molar-refractivity contribution is -0.192. The molecule has 0 aliphatic heterocycles. The SMILES string of the molecule is CC(C)CN(C)c1ncnc2c1nc(-c1cncc(C#N)c1)n2CCNCc1ccccc1.O=C(O)C(F)(F)F. The molecule has 0 aliphatic rings. The third-order valence-corrected chi connectivity index (χ3v) is 5.57. The molecule has 13 heteroatoms. The summed E-state index contributed by atoms with van der Waals surface area (Å²) in [5, 5.41) is 20.0. The Morgan fingerprint density at radius 3 is 2.52 bits per heavy atom. The van der Waals surface area contributed by atoms with Crippen LogP contribution in [0.15, 0.2) is 55.1 Å². The number of aliphatic carboxylic acids is 1. The summed E-state index contributed by atoms with van der Waals surface area (Å²) in [6, 6.07) is 14.3. The second-order valence-corrected chi connectivity index (χ2v) is 9.27. The van der Waals surface area contributed by atoms with E-state index in [1.54, 1.807) is 18.7 Å². The monoisotopic (exact) mass is 554 g/mol. The first kappa shape index (κ1) is 30.0. The van der Waals surface area contributed by atoms with Crippen LogP contribution in [-0.2, 0) is 17.9 Å². The van der Waals surface area contributed by atoms with Crippen molar-refractivity contribution in [1.82, 2.24) is 29.8 Å². The molecule has 4 rings (SSSR count). The summed E-state index contributed by atoms with van der Waals surface area (Å²) in [6.07, 6.45) is -0.196. The van der Waals surface area contributed by atoms with E-state index in [-0.39, 0.29) is 0 Å². The highest BCUT2D eigenvalue weighted by Crippen LogP contribution is 2.28. The number of benzene rings is 1. The summed E-state index contributed by atoms with van der Waals surface area (Å²) in [7, 11) is 2.03. The van der Waals surface area contributed by atoms with Gasteiger partial charge in [0.25, 0.3) is 0 Å². The van der Waals surface area contributed by atoms with Gasteiger partial charge in [-0.2, -0.15) is 18.4 Å². The van der Waals surface area contributed by atoms with Crippen LogP contribution >= 0.6 is 0 Å². The van der Waals surface area contributed by atoms with Crippen LogP contribution < -0.4 is 10.2 Å². The highest BCUT2D eigenvalue weighted by Gasteiger charge is 2.38. The molecule has 0 radical (unpaired) electrons. The Kier molecular flexibility index (Phi) is 10.1. The lowest BCUT2D eigenvalue weighted by Crippen LogP contribution is -2.24. The number of hydrogen-bond donors (Lipinski definition) is 2. The summed E-state index contributed by atoms with van der Waals surface area (Å²) >= 11 is 0. The molecule has 0 unspecified atom stereocenters. The molecule has 210 valence electrons. The zero-order valence-electron chi connectivity index (χ0n) is 22.2. The molecule has 0 amide bonds. The molecule has 3 heterocycles. The van der Waals surface area contributed by atoms with Crippen LogP contribution in [-0.4, -0.2) is 61.9 Å². The lowest BCUT2D eigenvalue weighted by Gasteiger charge is -2.20. The van der Waals surface area contributed by atoms with Crippen LogP contribution in [0.2, 0.25) is 0 Å². The summed E-state index contributed by atoms with van der Waals surface area (Å²) in [4.78, 5) is 29.3. The Balaban J connectivity index is 0.000000559. The van der Waals surface area contributed by atoms with Gasteiger partial charge in [-0.25, -0.2) is 19.7 Å². The van der Waals surface area contributed by atoms with E-state index in [9.17, 15) is 18.4 Å². The second kappa shape index (κ2) is 13.5. The number of nitriles is 1. The van der Waals surface area contributed by atoms with Crippen LogP contribution in [0.4, 0.5) is 19.0 Å². The van der Waals surface area contributed by atoms with Gasteiger partial charge in [-0.3, -0.25) is 4.98 Å². The molecule has 0 atom stereocenters. The average molecular weight is 555 g/mol. The van der Waals surface area contributed by atoms with Crippen molar-refractivity contribution in [1.29, 1.82) is 5.26 Å². The van der Waals surface area contributed by atoms with Gasteiger partial charge in [0.15, 0.2) is 17.0 Å². The van der Waals surface area contributed by atoms with Crippen LogP contribution in [0.3, 0.4) is 0 Å². The minimum atomic E-state index is -5.08. The van der Waals surface area contributed by atoms with E-state index < -0.39 is 12.1 Å². The van der Waals surface area contributed by atoms with Gasteiger partial charge in [0.2, 0.25) is 0 Å². The molecule has 0 saturated heterocycles. The summed E-state index contributed by atoms with van der Waals surface area (Å²) in [6.45, 7) is 7.40. The van der Waals surface area contributed by atoms with Gasteiger partial charge in [0.1, 0.15) is 18.2 Å². The number of carboxylic acids is 1. The second-order valence-electron chi connectivity index (χ2n) is 9.27. The highest BCUT2D eigenvalue weighted by molar-refractivity contribution is 5.86. The fourth-order valence-corrected chi connectivity index (χ4v) is 3.91. The maximum atomic E-state index is 10.6. The number of nitrogens with zero attached hydrogens (tertiary/aromatic N) is 7. The predicted molar refractivity (Wildman–Crippen MR) is 143 cm³/mol. The first-order valence-electron chi connectivity index (χ1n) is 12.3. The number of halogens is 3. The first-order chi connectivity index (χ1) is 19.0. The van der Waals surface area contributed by atoms with Crippen molar-refractivity contribution in [2.24, 2.45) is 5.92 Å². The van der Waals surface area contributed by atoms with Crippen LogP contribution in [0, 0.1) is 17.2 Å². The molecule has 3 aromatic heterocycles. The quantitative estimate of drug-likeness (QED) is 0.291. The van der Waals surface area contributed by atoms with E-state index in [1.165, 1.54) is 5.56 Å². The molecular weight excluding hydrogens is 525 g/mol. The molecule has 0 fully saturated rings. The zero-order valence-corrected chi connectivity index (χ0v) is 22.2. The number of aromatic nitrogens is 5. The molecule has 0 bridgehead atoms. The first-order valence-corrected chi connectivity index (χ1v) is 12.3. The Bertz CT molecular complexity index is 1470. The van der Waals surface area contributed by atoms with Crippen molar-refractivity contribution in [2.45, 2.75) is 33.1 Å². The molecule has 1 aromatic carbocycles. The van der Waals surface area contributed by atoms with E-state index in [0.717, 1.165) is 48.0 Å². The molecular formula is C27H29F3N8O2. The smallest absolute Gasteiger partial charge is 0.475 e. The Hall–Kier alpha value is -4.57. The molecule has 10 nitrogen and oxygen atoms in total.